The van der Waals surface area contributed by atoms with Gasteiger partial charge in [-0.2, -0.15) is 5.10 Å². The minimum Gasteiger partial charge on any atom is -0.481 e. The highest BCUT2D eigenvalue weighted by Crippen LogP contribution is 2.27. The molecular formula is C17H24N6O. The third kappa shape index (κ3) is 2.87. The van der Waals surface area contributed by atoms with Crippen LogP contribution >= 0.6 is 0 Å². The lowest BCUT2D eigenvalue weighted by Crippen LogP contribution is -2.21. The van der Waals surface area contributed by atoms with Crippen molar-refractivity contribution < 1.29 is 4.74 Å². The fourth-order valence-corrected chi connectivity index (χ4v) is 2.96. The maximum atomic E-state index is 5.53. The summed E-state index contributed by atoms with van der Waals surface area (Å²) in [6.45, 7) is 7.02. The van der Waals surface area contributed by atoms with E-state index in [4.69, 9.17) is 4.74 Å². The summed E-state index contributed by atoms with van der Waals surface area (Å²) in [7, 11) is 3.59. The standard InChI is InChI=1S/C17H24N6O/c1-11(2)15-13(17(24-5)22(4)21-15)10-18-12(3)16-20-19-14-8-6-7-9-23(14)16/h6-9,11-12,18H,10H2,1-5H3. The average molecular weight is 328 g/mol. The first-order chi connectivity index (χ1) is 11.5. The lowest BCUT2D eigenvalue weighted by molar-refractivity contribution is 0.366. The van der Waals surface area contributed by atoms with Crippen molar-refractivity contribution in [2.75, 3.05) is 7.11 Å². The molecule has 3 aromatic rings. The Kier molecular flexibility index (Phi) is 4.53. The molecule has 1 N–H and O–H groups in total. The summed E-state index contributed by atoms with van der Waals surface area (Å²) >= 11 is 0. The molecule has 3 heterocycles. The van der Waals surface area contributed by atoms with Crippen LogP contribution in [-0.2, 0) is 13.6 Å². The molecule has 128 valence electrons. The fraction of sp³-hybridized carbons (Fsp3) is 0.471. The molecule has 0 aromatic carbocycles. The number of aryl methyl sites for hydroxylation is 1. The quantitative estimate of drug-likeness (QED) is 0.753. The minimum absolute atomic E-state index is 0.0484. The van der Waals surface area contributed by atoms with Gasteiger partial charge in [-0.3, -0.25) is 4.40 Å². The van der Waals surface area contributed by atoms with Crippen LogP contribution in [-0.4, -0.2) is 31.5 Å². The molecule has 0 aliphatic carbocycles. The SMILES string of the molecule is COc1c(CNC(C)c2nnc3ccccn23)c(C(C)C)nn1C. The Labute approximate surface area is 141 Å². The summed E-state index contributed by atoms with van der Waals surface area (Å²) in [5.74, 6) is 2.02. The van der Waals surface area contributed by atoms with Crippen molar-refractivity contribution in [1.82, 2.24) is 29.7 Å². The molecule has 24 heavy (non-hydrogen) atoms. The number of rotatable bonds is 6. The highest BCUT2D eigenvalue weighted by atomic mass is 16.5. The zero-order valence-electron chi connectivity index (χ0n) is 14.8. The first-order valence-corrected chi connectivity index (χ1v) is 8.15. The van der Waals surface area contributed by atoms with E-state index in [1.165, 1.54) is 0 Å². The molecule has 7 nitrogen and oxygen atoms in total. The van der Waals surface area contributed by atoms with E-state index in [2.05, 4.69) is 41.4 Å². The van der Waals surface area contributed by atoms with E-state index in [0.717, 1.165) is 28.6 Å². The predicted octanol–water partition coefficient (Wildman–Crippen LogP) is 2.45. The maximum Gasteiger partial charge on any atom is 0.216 e. The highest BCUT2D eigenvalue weighted by molar-refractivity contribution is 5.37. The van der Waals surface area contributed by atoms with Gasteiger partial charge in [0.05, 0.1) is 24.4 Å². The van der Waals surface area contributed by atoms with Crippen molar-refractivity contribution >= 4 is 5.65 Å². The number of methoxy groups -OCH3 is 1. The number of pyridine rings is 1. The number of hydrogen-bond acceptors (Lipinski definition) is 5. The van der Waals surface area contributed by atoms with Gasteiger partial charge in [0.25, 0.3) is 0 Å². The van der Waals surface area contributed by atoms with Crippen LogP contribution in [0, 0.1) is 0 Å². The highest BCUT2D eigenvalue weighted by Gasteiger charge is 2.21. The van der Waals surface area contributed by atoms with Crippen LogP contribution < -0.4 is 10.1 Å². The van der Waals surface area contributed by atoms with Crippen molar-refractivity contribution in [1.29, 1.82) is 0 Å². The molecule has 0 bridgehead atoms. The van der Waals surface area contributed by atoms with Crippen LogP contribution in [0.25, 0.3) is 5.65 Å². The molecule has 1 atom stereocenters. The normalized spacial score (nSPS) is 12.9. The first kappa shape index (κ1) is 16.4. The van der Waals surface area contributed by atoms with Crippen molar-refractivity contribution in [3.05, 3.63) is 41.5 Å². The third-order valence-electron chi connectivity index (χ3n) is 4.17. The Morgan fingerprint density at radius 3 is 2.71 bits per heavy atom. The Balaban J connectivity index is 1.83. The van der Waals surface area contributed by atoms with Gasteiger partial charge in [0.1, 0.15) is 0 Å². The molecule has 0 aliphatic rings. The molecule has 0 saturated carbocycles. The van der Waals surface area contributed by atoms with Gasteiger partial charge in [0, 0.05) is 19.8 Å². The van der Waals surface area contributed by atoms with Gasteiger partial charge in [0.15, 0.2) is 11.5 Å². The molecular weight excluding hydrogens is 304 g/mol. The molecule has 1 unspecified atom stereocenters. The molecule has 0 radical (unpaired) electrons. The lowest BCUT2D eigenvalue weighted by Gasteiger charge is -2.14. The van der Waals surface area contributed by atoms with E-state index in [1.807, 2.05) is 35.8 Å². The van der Waals surface area contributed by atoms with Crippen LogP contribution in [0.1, 0.15) is 49.8 Å². The smallest absolute Gasteiger partial charge is 0.216 e. The van der Waals surface area contributed by atoms with Gasteiger partial charge in [-0.25, -0.2) is 4.68 Å². The number of aromatic nitrogens is 5. The Morgan fingerprint density at radius 2 is 2.00 bits per heavy atom. The first-order valence-electron chi connectivity index (χ1n) is 8.15. The summed E-state index contributed by atoms with van der Waals surface area (Å²) in [6, 6.07) is 5.94. The third-order valence-corrected chi connectivity index (χ3v) is 4.17. The molecule has 7 heteroatoms. The van der Waals surface area contributed by atoms with Crippen molar-refractivity contribution in [2.24, 2.45) is 7.05 Å². The van der Waals surface area contributed by atoms with Crippen LogP contribution in [0.2, 0.25) is 0 Å². The molecule has 3 rings (SSSR count). The zero-order valence-corrected chi connectivity index (χ0v) is 14.8. The Hall–Kier alpha value is -2.41. The molecule has 0 amide bonds. The lowest BCUT2D eigenvalue weighted by atomic mass is 10.1. The van der Waals surface area contributed by atoms with Gasteiger partial charge in [-0.05, 0) is 25.0 Å². The summed E-state index contributed by atoms with van der Waals surface area (Å²) in [5, 5.41) is 16.6. The van der Waals surface area contributed by atoms with Crippen molar-refractivity contribution in [3.63, 3.8) is 0 Å². The topological polar surface area (TPSA) is 69.3 Å². The maximum absolute atomic E-state index is 5.53. The molecule has 0 saturated heterocycles. The van der Waals surface area contributed by atoms with Gasteiger partial charge in [-0.1, -0.05) is 19.9 Å². The van der Waals surface area contributed by atoms with Crippen LogP contribution in [0.4, 0.5) is 0 Å². The van der Waals surface area contributed by atoms with E-state index in [-0.39, 0.29) is 6.04 Å². The molecule has 3 aromatic heterocycles. The summed E-state index contributed by atoms with van der Waals surface area (Å²) in [4.78, 5) is 0. The second kappa shape index (κ2) is 6.60. The molecule has 0 aliphatic heterocycles. The van der Waals surface area contributed by atoms with Gasteiger partial charge in [-0.15, -0.1) is 10.2 Å². The molecule has 0 fully saturated rings. The number of fused-ring (bicyclic) bond motifs is 1. The molecule has 0 spiro atoms. The largest absolute Gasteiger partial charge is 0.481 e. The van der Waals surface area contributed by atoms with Crippen LogP contribution in [0.15, 0.2) is 24.4 Å². The van der Waals surface area contributed by atoms with Crippen LogP contribution in [0.3, 0.4) is 0 Å². The van der Waals surface area contributed by atoms with Gasteiger partial charge in [0.2, 0.25) is 5.88 Å². The number of nitrogens with one attached hydrogen (secondary N) is 1. The van der Waals surface area contributed by atoms with Crippen molar-refractivity contribution in [3.8, 4) is 5.88 Å². The van der Waals surface area contributed by atoms with E-state index in [9.17, 15) is 0 Å². The summed E-state index contributed by atoms with van der Waals surface area (Å²) in [6.07, 6.45) is 1.98. The average Bonchev–Trinajstić information content (AvgIpc) is 3.13. The van der Waals surface area contributed by atoms with Crippen LogP contribution in [0.5, 0.6) is 5.88 Å². The predicted molar refractivity (Wildman–Crippen MR) is 92.1 cm³/mol. The van der Waals surface area contributed by atoms with E-state index in [1.54, 1.807) is 11.8 Å². The summed E-state index contributed by atoms with van der Waals surface area (Å²) in [5.41, 5.74) is 3.00. The van der Waals surface area contributed by atoms with E-state index < -0.39 is 0 Å². The van der Waals surface area contributed by atoms with Crippen molar-refractivity contribution in [2.45, 2.75) is 39.3 Å². The zero-order chi connectivity index (χ0) is 17.3. The number of hydrogen-bond donors (Lipinski definition) is 1. The monoisotopic (exact) mass is 328 g/mol. The second-order valence-electron chi connectivity index (χ2n) is 6.24. The van der Waals surface area contributed by atoms with Gasteiger partial charge >= 0.3 is 0 Å². The second-order valence-corrected chi connectivity index (χ2v) is 6.24. The van der Waals surface area contributed by atoms with E-state index >= 15 is 0 Å². The minimum atomic E-state index is 0.0484. The number of ether oxygens (including phenoxy) is 1. The Bertz CT molecular complexity index is 835. The number of nitrogens with zero attached hydrogens (tertiary/aromatic N) is 5. The van der Waals surface area contributed by atoms with E-state index in [0.29, 0.717) is 12.5 Å². The van der Waals surface area contributed by atoms with Gasteiger partial charge < -0.3 is 10.1 Å². The Morgan fingerprint density at radius 1 is 1.21 bits per heavy atom. The fourth-order valence-electron chi connectivity index (χ4n) is 2.96. The summed E-state index contributed by atoms with van der Waals surface area (Å²) < 4.78 is 9.32.